The van der Waals surface area contributed by atoms with Crippen molar-refractivity contribution < 1.29 is 0 Å². The molecule has 0 heterocycles. The fourth-order valence-electron chi connectivity index (χ4n) is 2.98. The zero-order valence-corrected chi connectivity index (χ0v) is 11.6. The minimum absolute atomic E-state index is 0.108. The highest BCUT2D eigenvalue weighted by Gasteiger charge is 2.38. The van der Waals surface area contributed by atoms with Crippen molar-refractivity contribution in [3.05, 3.63) is 0 Å². The second kappa shape index (κ2) is 5.48. The first-order chi connectivity index (χ1) is 7.39. The molecule has 0 spiro atoms. The number of nitrogens with one attached hydrogen (secondary N) is 1. The minimum atomic E-state index is 0.108. The molecule has 1 fully saturated rings. The van der Waals surface area contributed by atoms with E-state index in [2.05, 4.69) is 45.2 Å². The predicted octanol–water partition coefficient (Wildman–Crippen LogP) is 1.98. The van der Waals surface area contributed by atoms with Gasteiger partial charge in [0, 0.05) is 11.6 Å². The quantitative estimate of drug-likeness (QED) is 0.570. The summed E-state index contributed by atoms with van der Waals surface area (Å²) in [6.45, 7) is 6.91. The standard InChI is InChI=1S/C13H29N3/c1-10-7-6-8-11(9-10)12(15-14)13(2,3)16(4)5/h10-12,15H,6-9,14H2,1-5H3. The maximum absolute atomic E-state index is 5.80. The van der Waals surface area contributed by atoms with Crippen LogP contribution in [0.15, 0.2) is 0 Å². The lowest BCUT2D eigenvalue weighted by atomic mass is 9.73. The number of hydrogen-bond acceptors (Lipinski definition) is 3. The molecule has 1 aliphatic carbocycles. The van der Waals surface area contributed by atoms with Gasteiger partial charge < -0.3 is 4.90 Å². The molecular weight excluding hydrogens is 198 g/mol. The van der Waals surface area contributed by atoms with Crippen molar-refractivity contribution in [3.63, 3.8) is 0 Å². The van der Waals surface area contributed by atoms with Gasteiger partial charge >= 0.3 is 0 Å². The summed E-state index contributed by atoms with van der Waals surface area (Å²) in [6, 6.07) is 0.380. The lowest BCUT2D eigenvalue weighted by Gasteiger charge is -2.45. The van der Waals surface area contributed by atoms with Crippen molar-refractivity contribution in [3.8, 4) is 0 Å². The number of rotatable bonds is 4. The molecular formula is C13H29N3. The van der Waals surface area contributed by atoms with Gasteiger partial charge in [0.15, 0.2) is 0 Å². The Balaban J connectivity index is 2.73. The van der Waals surface area contributed by atoms with Gasteiger partial charge in [0.25, 0.3) is 0 Å². The molecule has 0 bridgehead atoms. The summed E-state index contributed by atoms with van der Waals surface area (Å²) >= 11 is 0. The molecule has 0 saturated heterocycles. The van der Waals surface area contributed by atoms with Crippen LogP contribution in [0.3, 0.4) is 0 Å². The van der Waals surface area contributed by atoms with Gasteiger partial charge in [-0.1, -0.05) is 19.8 Å². The van der Waals surface area contributed by atoms with Gasteiger partial charge in [-0.15, -0.1) is 0 Å². The minimum Gasteiger partial charge on any atom is -0.303 e. The lowest BCUT2D eigenvalue weighted by Crippen LogP contribution is -2.60. The molecule has 0 aromatic carbocycles. The van der Waals surface area contributed by atoms with Gasteiger partial charge in [-0.05, 0) is 52.6 Å². The van der Waals surface area contributed by atoms with E-state index in [4.69, 9.17) is 5.84 Å². The Kier molecular flexibility index (Phi) is 4.77. The Bertz CT molecular complexity index is 213. The fourth-order valence-corrected chi connectivity index (χ4v) is 2.98. The first-order valence-corrected chi connectivity index (χ1v) is 6.53. The van der Waals surface area contributed by atoms with Crippen molar-refractivity contribution in [1.82, 2.24) is 10.3 Å². The predicted molar refractivity (Wildman–Crippen MR) is 70.0 cm³/mol. The molecule has 0 radical (unpaired) electrons. The van der Waals surface area contributed by atoms with Gasteiger partial charge in [0.1, 0.15) is 0 Å². The molecule has 3 heteroatoms. The highest BCUT2D eigenvalue weighted by atomic mass is 15.3. The van der Waals surface area contributed by atoms with E-state index in [0.717, 1.165) is 5.92 Å². The van der Waals surface area contributed by atoms with Gasteiger partial charge in [-0.25, -0.2) is 0 Å². The molecule has 0 aromatic heterocycles. The van der Waals surface area contributed by atoms with Crippen LogP contribution in [0.1, 0.15) is 46.5 Å². The average Bonchev–Trinajstić information content (AvgIpc) is 2.18. The summed E-state index contributed by atoms with van der Waals surface area (Å²) in [6.07, 6.45) is 5.37. The van der Waals surface area contributed by atoms with Crippen molar-refractivity contribution in [2.75, 3.05) is 14.1 Å². The largest absolute Gasteiger partial charge is 0.303 e. The van der Waals surface area contributed by atoms with E-state index in [0.29, 0.717) is 12.0 Å². The topological polar surface area (TPSA) is 41.3 Å². The Morgan fingerprint density at radius 3 is 2.38 bits per heavy atom. The second-order valence-electron chi connectivity index (χ2n) is 6.22. The van der Waals surface area contributed by atoms with Gasteiger partial charge in [0.2, 0.25) is 0 Å². The smallest absolute Gasteiger partial charge is 0.0417 e. The zero-order valence-electron chi connectivity index (χ0n) is 11.6. The Hall–Kier alpha value is -0.120. The Morgan fingerprint density at radius 1 is 1.31 bits per heavy atom. The third-order valence-electron chi connectivity index (χ3n) is 4.54. The van der Waals surface area contributed by atoms with Gasteiger partial charge in [0.05, 0.1) is 0 Å². The molecule has 0 aliphatic heterocycles. The van der Waals surface area contributed by atoms with Gasteiger partial charge in [-0.2, -0.15) is 0 Å². The summed E-state index contributed by atoms with van der Waals surface area (Å²) in [5.74, 6) is 7.36. The summed E-state index contributed by atoms with van der Waals surface area (Å²) in [7, 11) is 4.27. The normalized spacial score (nSPS) is 29.4. The van der Waals surface area contributed by atoms with Gasteiger partial charge in [-0.3, -0.25) is 11.3 Å². The maximum atomic E-state index is 5.80. The Labute approximate surface area is 101 Å². The summed E-state index contributed by atoms with van der Waals surface area (Å²) in [5.41, 5.74) is 3.18. The number of nitrogens with zero attached hydrogens (tertiary/aromatic N) is 1. The average molecular weight is 227 g/mol. The molecule has 16 heavy (non-hydrogen) atoms. The molecule has 3 nitrogen and oxygen atoms in total. The van der Waals surface area contributed by atoms with Crippen LogP contribution in [0.5, 0.6) is 0 Å². The third kappa shape index (κ3) is 2.96. The SMILES string of the molecule is CC1CCCC(C(NN)C(C)(C)N(C)C)C1. The van der Waals surface area contributed by atoms with E-state index in [-0.39, 0.29) is 5.54 Å². The van der Waals surface area contributed by atoms with E-state index in [1.165, 1.54) is 25.7 Å². The van der Waals surface area contributed by atoms with Crippen LogP contribution >= 0.6 is 0 Å². The highest BCUT2D eigenvalue weighted by molar-refractivity contribution is 4.95. The van der Waals surface area contributed by atoms with E-state index in [1.807, 2.05) is 0 Å². The molecule has 0 aromatic rings. The number of hydrogen-bond donors (Lipinski definition) is 2. The first-order valence-electron chi connectivity index (χ1n) is 6.53. The molecule has 3 atom stereocenters. The molecule has 0 amide bonds. The van der Waals surface area contributed by atoms with Crippen molar-refractivity contribution in [2.24, 2.45) is 17.7 Å². The molecule has 1 rings (SSSR count). The second-order valence-corrected chi connectivity index (χ2v) is 6.22. The number of likely N-dealkylation sites (N-methyl/N-ethyl adjacent to an activating group) is 1. The first kappa shape index (κ1) is 13.9. The van der Waals surface area contributed by atoms with Crippen LogP contribution < -0.4 is 11.3 Å². The summed E-state index contributed by atoms with van der Waals surface area (Å²) in [4.78, 5) is 2.27. The molecule has 3 N–H and O–H groups in total. The molecule has 1 aliphatic rings. The van der Waals surface area contributed by atoms with Crippen LogP contribution in [0.2, 0.25) is 0 Å². The van der Waals surface area contributed by atoms with Crippen LogP contribution in [0, 0.1) is 11.8 Å². The van der Waals surface area contributed by atoms with Crippen molar-refractivity contribution in [1.29, 1.82) is 0 Å². The monoisotopic (exact) mass is 227 g/mol. The van der Waals surface area contributed by atoms with E-state index in [9.17, 15) is 0 Å². The van der Waals surface area contributed by atoms with E-state index >= 15 is 0 Å². The number of hydrazine groups is 1. The highest BCUT2D eigenvalue weighted by Crippen LogP contribution is 2.35. The van der Waals surface area contributed by atoms with Crippen molar-refractivity contribution in [2.45, 2.75) is 58.0 Å². The Morgan fingerprint density at radius 2 is 1.94 bits per heavy atom. The molecule has 96 valence electrons. The zero-order chi connectivity index (χ0) is 12.3. The molecule has 1 saturated carbocycles. The summed E-state index contributed by atoms with van der Waals surface area (Å²) in [5, 5.41) is 0. The van der Waals surface area contributed by atoms with Crippen LogP contribution in [-0.4, -0.2) is 30.6 Å². The van der Waals surface area contributed by atoms with E-state index < -0.39 is 0 Å². The van der Waals surface area contributed by atoms with Crippen LogP contribution in [0.25, 0.3) is 0 Å². The lowest BCUT2D eigenvalue weighted by molar-refractivity contribution is 0.0780. The van der Waals surface area contributed by atoms with E-state index in [1.54, 1.807) is 0 Å². The number of nitrogens with two attached hydrogens (primary N) is 1. The fraction of sp³-hybridized carbons (Fsp3) is 1.00. The molecule has 3 unspecified atom stereocenters. The van der Waals surface area contributed by atoms with Crippen LogP contribution in [0.4, 0.5) is 0 Å². The third-order valence-corrected chi connectivity index (χ3v) is 4.54. The van der Waals surface area contributed by atoms with Crippen LogP contribution in [-0.2, 0) is 0 Å². The van der Waals surface area contributed by atoms with Crippen molar-refractivity contribution >= 4 is 0 Å². The maximum Gasteiger partial charge on any atom is 0.0417 e. The summed E-state index contributed by atoms with van der Waals surface area (Å²) < 4.78 is 0.